The molecule has 2 aromatic heterocycles. The smallest absolute Gasteiger partial charge is 0.135 e. The Hall–Kier alpha value is -0.650. The van der Waals surface area contributed by atoms with E-state index in [0.29, 0.717) is 5.92 Å². The van der Waals surface area contributed by atoms with Gasteiger partial charge >= 0.3 is 0 Å². The lowest BCUT2D eigenvalue weighted by Gasteiger charge is -2.18. The van der Waals surface area contributed by atoms with Crippen molar-refractivity contribution in [1.82, 2.24) is 9.97 Å². The van der Waals surface area contributed by atoms with Crippen molar-refractivity contribution in [3.8, 4) is 0 Å². The quantitative estimate of drug-likeness (QED) is 0.755. The van der Waals surface area contributed by atoms with Gasteiger partial charge in [0.25, 0.3) is 0 Å². The lowest BCUT2D eigenvalue weighted by Crippen LogP contribution is -2.18. The number of hydrogen-bond donors (Lipinski definition) is 0. The van der Waals surface area contributed by atoms with Gasteiger partial charge in [0, 0.05) is 23.9 Å². The third-order valence-electron chi connectivity index (χ3n) is 3.05. The highest BCUT2D eigenvalue weighted by atomic mass is 79.9. The average Bonchev–Trinajstić information content (AvgIpc) is 3.13. The molecule has 0 bridgehead atoms. The molecule has 1 aliphatic carbocycles. The Morgan fingerprint density at radius 1 is 1.42 bits per heavy atom. The summed E-state index contributed by atoms with van der Waals surface area (Å²) in [6.07, 6.45) is 2.42. The second-order valence-electron chi connectivity index (χ2n) is 4.74. The number of nitrogens with zero attached hydrogens (tertiary/aromatic N) is 3. The Bertz CT molecular complexity index is 597. The molecule has 0 radical (unpaired) electrons. The van der Waals surface area contributed by atoms with Crippen molar-refractivity contribution >= 4 is 44.7 Å². The molecule has 3 nitrogen and oxygen atoms in total. The summed E-state index contributed by atoms with van der Waals surface area (Å²) in [5, 5.41) is 0. The van der Waals surface area contributed by atoms with E-state index in [1.807, 2.05) is 19.2 Å². The molecule has 0 N–H and O–H groups in total. The van der Waals surface area contributed by atoms with Gasteiger partial charge in [-0.05, 0) is 40.9 Å². The molecule has 1 aliphatic rings. The van der Waals surface area contributed by atoms with Crippen LogP contribution in [0.2, 0.25) is 4.34 Å². The molecule has 0 amide bonds. The summed E-state index contributed by atoms with van der Waals surface area (Å²) in [6, 6.07) is 5.95. The van der Waals surface area contributed by atoms with Crippen molar-refractivity contribution in [1.29, 1.82) is 0 Å². The van der Waals surface area contributed by atoms with Gasteiger partial charge in [-0.15, -0.1) is 11.3 Å². The van der Waals surface area contributed by atoms with E-state index in [1.165, 1.54) is 17.7 Å². The van der Waals surface area contributed by atoms with E-state index in [0.717, 1.165) is 27.1 Å². The van der Waals surface area contributed by atoms with Crippen LogP contribution in [-0.4, -0.2) is 17.0 Å². The highest BCUT2D eigenvalue weighted by molar-refractivity contribution is 9.10. The summed E-state index contributed by atoms with van der Waals surface area (Å²) in [6.45, 7) is 0.810. The predicted octanol–water partition coefficient (Wildman–Crippen LogP) is 4.47. The second-order valence-corrected chi connectivity index (χ2v) is 7.36. The van der Waals surface area contributed by atoms with Gasteiger partial charge in [0.05, 0.1) is 10.9 Å². The second kappa shape index (κ2) is 5.38. The Kier molecular flexibility index (Phi) is 3.78. The topological polar surface area (TPSA) is 29.0 Å². The summed E-state index contributed by atoms with van der Waals surface area (Å²) in [7, 11) is 2.04. The van der Waals surface area contributed by atoms with Crippen molar-refractivity contribution in [2.45, 2.75) is 25.3 Å². The number of thiophene rings is 1. The minimum atomic E-state index is 0.556. The number of halogens is 2. The number of anilines is 1. The first-order valence-corrected chi connectivity index (χ1v) is 8.10. The fourth-order valence-corrected chi connectivity index (χ4v) is 3.42. The van der Waals surface area contributed by atoms with Crippen LogP contribution >= 0.6 is 38.9 Å². The third kappa shape index (κ3) is 3.27. The maximum absolute atomic E-state index is 5.96. The van der Waals surface area contributed by atoms with Gasteiger partial charge in [-0.2, -0.15) is 0 Å². The molecular formula is C13H13BrClN3S. The van der Waals surface area contributed by atoms with Crippen LogP contribution in [0.3, 0.4) is 0 Å². The third-order valence-corrected chi connectivity index (χ3v) is 4.68. The van der Waals surface area contributed by atoms with Gasteiger partial charge in [0.2, 0.25) is 0 Å². The first-order chi connectivity index (χ1) is 9.11. The minimum Gasteiger partial charge on any atom is -0.354 e. The van der Waals surface area contributed by atoms with E-state index >= 15 is 0 Å². The lowest BCUT2D eigenvalue weighted by molar-refractivity contribution is 0.855. The van der Waals surface area contributed by atoms with Crippen LogP contribution in [0.15, 0.2) is 22.8 Å². The standard InChI is InChI=1S/C13H13BrClN3S/c1-18(7-9-4-5-11(15)19-9)12-6-10(14)16-13(17-12)8-2-3-8/h4-6,8H,2-3,7H2,1H3. The summed E-state index contributed by atoms with van der Waals surface area (Å²) >= 11 is 11.0. The van der Waals surface area contributed by atoms with E-state index in [2.05, 4.69) is 36.9 Å². The molecule has 0 unspecified atom stereocenters. The van der Waals surface area contributed by atoms with Gasteiger partial charge in [0.1, 0.15) is 16.2 Å². The maximum Gasteiger partial charge on any atom is 0.135 e. The monoisotopic (exact) mass is 357 g/mol. The summed E-state index contributed by atoms with van der Waals surface area (Å²) in [5.74, 6) is 2.47. The molecule has 2 aromatic rings. The van der Waals surface area contributed by atoms with Crippen molar-refractivity contribution in [3.05, 3.63) is 37.8 Å². The first-order valence-electron chi connectivity index (χ1n) is 6.11. The van der Waals surface area contributed by atoms with Crippen LogP contribution in [0.25, 0.3) is 0 Å². The fraction of sp³-hybridized carbons (Fsp3) is 0.385. The maximum atomic E-state index is 5.96. The van der Waals surface area contributed by atoms with Crippen molar-refractivity contribution in [2.75, 3.05) is 11.9 Å². The number of aromatic nitrogens is 2. The zero-order valence-corrected chi connectivity index (χ0v) is 13.6. The molecule has 0 spiro atoms. The summed E-state index contributed by atoms with van der Waals surface area (Å²) in [5.41, 5.74) is 0. The normalized spacial score (nSPS) is 14.7. The molecule has 2 heterocycles. The molecule has 1 fully saturated rings. The van der Waals surface area contributed by atoms with E-state index in [-0.39, 0.29) is 0 Å². The Labute approximate surface area is 129 Å². The van der Waals surface area contributed by atoms with Gasteiger partial charge in [-0.1, -0.05) is 11.6 Å². The van der Waals surface area contributed by atoms with Crippen LogP contribution in [0, 0.1) is 0 Å². The first kappa shape index (κ1) is 13.3. The number of hydrogen-bond acceptors (Lipinski definition) is 4. The van der Waals surface area contributed by atoms with E-state index in [4.69, 9.17) is 11.6 Å². The van der Waals surface area contributed by atoms with Crippen molar-refractivity contribution < 1.29 is 0 Å². The van der Waals surface area contributed by atoms with Crippen LogP contribution in [0.5, 0.6) is 0 Å². The van der Waals surface area contributed by atoms with Gasteiger partial charge < -0.3 is 4.90 Å². The van der Waals surface area contributed by atoms with Gasteiger partial charge in [-0.3, -0.25) is 0 Å². The molecule has 6 heteroatoms. The highest BCUT2D eigenvalue weighted by Crippen LogP contribution is 2.39. The van der Waals surface area contributed by atoms with Crippen LogP contribution in [0.1, 0.15) is 29.5 Å². The molecule has 100 valence electrons. The zero-order valence-electron chi connectivity index (χ0n) is 10.4. The average molecular weight is 359 g/mol. The molecule has 0 saturated heterocycles. The zero-order chi connectivity index (χ0) is 13.4. The van der Waals surface area contributed by atoms with Crippen LogP contribution < -0.4 is 4.90 Å². The Balaban J connectivity index is 1.80. The minimum absolute atomic E-state index is 0.556. The van der Waals surface area contributed by atoms with Gasteiger partial charge in [0.15, 0.2) is 0 Å². The number of rotatable bonds is 4. The highest BCUT2D eigenvalue weighted by Gasteiger charge is 2.27. The SMILES string of the molecule is CN(Cc1ccc(Cl)s1)c1cc(Br)nc(C2CC2)n1. The fourth-order valence-electron chi connectivity index (χ4n) is 1.89. The predicted molar refractivity (Wildman–Crippen MR) is 83.1 cm³/mol. The van der Waals surface area contributed by atoms with Gasteiger partial charge in [-0.25, -0.2) is 9.97 Å². The van der Waals surface area contributed by atoms with E-state index < -0.39 is 0 Å². The van der Waals surface area contributed by atoms with E-state index in [9.17, 15) is 0 Å². The molecule has 19 heavy (non-hydrogen) atoms. The molecule has 1 saturated carbocycles. The summed E-state index contributed by atoms with van der Waals surface area (Å²) < 4.78 is 1.68. The largest absolute Gasteiger partial charge is 0.354 e. The van der Waals surface area contributed by atoms with Crippen molar-refractivity contribution in [3.63, 3.8) is 0 Å². The summed E-state index contributed by atoms with van der Waals surface area (Å²) in [4.78, 5) is 12.5. The van der Waals surface area contributed by atoms with Crippen LogP contribution in [-0.2, 0) is 6.54 Å². The molecule has 0 aliphatic heterocycles. The molecular weight excluding hydrogens is 346 g/mol. The van der Waals surface area contributed by atoms with E-state index in [1.54, 1.807) is 11.3 Å². The Morgan fingerprint density at radius 2 is 2.21 bits per heavy atom. The lowest BCUT2D eigenvalue weighted by atomic mass is 10.3. The molecule has 0 aromatic carbocycles. The molecule has 3 rings (SSSR count). The Morgan fingerprint density at radius 3 is 2.84 bits per heavy atom. The van der Waals surface area contributed by atoms with Crippen molar-refractivity contribution in [2.24, 2.45) is 0 Å². The van der Waals surface area contributed by atoms with Crippen LogP contribution in [0.4, 0.5) is 5.82 Å². The molecule has 0 atom stereocenters.